The molecule has 2 heterocycles. The van der Waals surface area contributed by atoms with Crippen LogP contribution in [0.25, 0.3) is 109 Å². The van der Waals surface area contributed by atoms with Gasteiger partial charge in [0.15, 0.2) is 17.5 Å². The molecule has 55 heavy (non-hydrogen) atoms. The first-order valence-corrected chi connectivity index (χ1v) is 19.3. The van der Waals surface area contributed by atoms with Crippen molar-refractivity contribution in [2.24, 2.45) is 0 Å². The third-order valence-electron chi connectivity index (χ3n) is 10.7. The lowest BCUT2D eigenvalue weighted by Gasteiger charge is -2.16. The predicted octanol–water partition coefficient (Wildman–Crippen LogP) is 14.0. The van der Waals surface area contributed by atoms with Crippen LogP contribution in [0.2, 0.25) is 0 Å². The molecule has 11 aromatic rings. The Morgan fingerprint density at radius 1 is 0.309 bits per heavy atom. The Bertz CT molecular complexity index is 3270. The summed E-state index contributed by atoms with van der Waals surface area (Å²) in [5.74, 6) is 1.95. The predicted molar refractivity (Wildman–Crippen MR) is 232 cm³/mol. The molecule has 0 amide bonds. The van der Waals surface area contributed by atoms with Crippen molar-refractivity contribution in [2.45, 2.75) is 0 Å². The quantitative estimate of drug-likeness (QED) is 0.178. The third-order valence-corrected chi connectivity index (χ3v) is 12.0. The van der Waals surface area contributed by atoms with E-state index < -0.39 is 0 Å². The van der Waals surface area contributed by atoms with Crippen LogP contribution in [0.4, 0.5) is 0 Å². The first-order valence-electron chi connectivity index (χ1n) is 18.5. The van der Waals surface area contributed by atoms with Gasteiger partial charge in [0.1, 0.15) is 0 Å². The molecule has 4 heteroatoms. The van der Waals surface area contributed by atoms with Gasteiger partial charge in [0.05, 0.1) is 0 Å². The second-order valence-corrected chi connectivity index (χ2v) is 15.0. The summed E-state index contributed by atoms with van der Waals surface area (Å²) in [6, 6.07) is 66.9. The van der Waals surface area contributed by atoms with Gasteiger partial charge in [-0.2, -0.15) is 0 Å². The minimum absolute atomic E-state index is 0.639. The lowest BCUT2D eigenvalue weighted by atomic mass is 9.90. The van der Waals surface area contributed by atoms with Gasteiger partial charge in [-0.3, -0.25) is 0 Å². The highest BCUT2D eigenvalue weighted by molar-refractivity contribution is 7.26. The van der Waals surface area contributed by atoms with Crippen LogP contribution in [-0.4, -0.2) is 15.0 Å². The van der Waals surface area contributed by atoms with Gasteiger partial charge in [0.25, 0.3) is 0 Å². The first kappa shape index (κ1) is 31.5. The molecule has 0 aliphatic heterocycles. The molecule has 0 bridgehead atoms. The topological polar surface area (TPSA) is 38.7 Å². The second kappa shape index (κ2) is 12.8. The third kappa shape index (κ3) is 5.38. The van der Waals surface area contributed by atoms with Crippen molar-refractivity contribution >= 4 is 63.8 Å². The molecule has 0 unspecified atom stereocenters. The fourth-order valence-electron chi connectivity index (χ4n) is 8.04. The molecule has 0 saturated carbocycles. The van der Waals surface area contributed by atoms with E-state index in [-0.39, 0.29) is 0 Å². The van der Waals surface area contributed by atoms with Gasteiger partial charge in [-0.1, -0.05) is 170 Å². The fraction of sp³-hybridized carbons (Fsp3) is 0. The molecule has 0 radical (unpaired) electrons. The summed E-state index contributed by atoms with van der Waals surface area (Å²) >= 11 is 1.79. The lowest BCUT2D eigenvalue weighted by molar-refractivity contribution is 1.08. The Balaban J connectivity index is 1.16. The van der Waals surface area contributed by atoms with Gasteiger partial charge in [-0.05, 0) is 72.8 Å². The van der Waals surface area contributed by atoms with E-state index in [1.54, 1.807) is 11.3 Å². The van der Waals surface area contributed by atoms with Crippen LogP contribution in [0.3, 0.4) is 0 Å². The molecular weight excluding hydrogens is 687 g/mol. The van der Waals surface area contributed by atoms with Crippen LogP contribution in [0.5, 0.6) is 0 Å². The molecule has 11 rings (SSSR count). The summed E-state index contributed by atoms with van der Waals surface area (Å²) in [5.41, 5.74) is 7.49. The average molecular weight is 718 g/mol. The van der Waals surface area contributed by atoms with Crippen LogP contribution >= 0.6 is 11.3 Å². The Morgan fingerprint density at radius 2 is 0.873 bits per heavy atom. The molecule has 0 aliphatic carbocycles. The lowest BCUT2D eigenvalue weighted by Crippen LogP contribution is -2.02. The number of aromatic nitrogens is 3. The number of rotatable bonds is 5. The van der Waals surface area contributed by atoms with E-state index in [4.69, 9.17) is 15.0 Å². The Labute approximate surface area is 321 Å². The van der Waals surface area contributed by atoms with Gasteiger partial charge in [0, 0.05) is 36.9 Å². The van der Waals surface area contributed by atoms with E-state index in [0.29, 0.717) is 17.5 Å². The molecule has 0 saturated heterocycles. The van der Waals surface area contributed by atoms with Gasteiger partial charge in [-0.25, -0.2) is 15.0 Å². The minimum atomic E-state index is 0.639. The van der Waals surface area contributed by atoms with E-state index in [0.717, 1.165) is 44.2 Å². The second-order valence-electron chi connectivity index (χ2n) is 14.0. The summed E-state index contributed by atoms with van der Waals surface area (Å²) in [6.45, 7) is 0. The van der Waals surface area contributed by atoms with Crippen molar-refractivity contribution in [1.82, 2.24) is 15.0 Å². The molecule has 0 aliphatic rings. The van der Waals surface area contributed by atoms with Crippen LogP contribution in [-0.2, 0) is 0 Å². The zero-order valence-electron chi connectivity index (χ0n) is 29.6. The van der Waals surface area contributed by atoms with Gasteiger partial charge in [-0.15, -0.1) is 11.3 Å². The van der Waals surface area contributed by atoms with E-state index >= 15 is 0 Å². The van der Waals surface area contributed by atoms with Crippen molar-refractivity contribution in [3.8, 4) is 56.4 Å². The van der Waals surface area contributed by atoms with E-state index in [1.807, 2.05) is 0 Å². The fourth-order valence-corrected chi connectivity index (χ4v) is 9.25. The van der Waals surface area contributed by atoms with Gasteiger partial charge < -0.3 is 0 Å². The highest BCUT2D eigenvalue weighted by Crippen LogP contribution is 2.43. The number of fused-ring (bicyclic) bond motifs is 6. The number of nitrogens with zero attached hydrogens (tertiary/aromatic N) is 3. The van der Waals surface area contributed by atoms with Crippen molar-refractivity contribution in [3.63, 3.8) is 0 Å². The van der Waals surface area contributed by atoms with Crippen molar-refractivity contribution in [2.75, 3.05) is 0 Å². The maximum absolute atomic E-state index is 5.41. The Hall–Kier alpha value is -7.01. The zero-order valence-corrected chi connectivity index (χ0v) is 30.5. The summed E-state index contributed by atoms with van der Waals surface area (Å²) in [5, 5.41) is 9.54. The molecule has 256 valence electrons. The number of hydrogen-bond donors (Lipinski definition) is 0. The zero-order chi connectivity index (χ0) is 36.3. The number of benzene rings is 9. The monoisotopic (exact) mass is 717 g/mol. The largest absolute Gasteiger partial charge is 0.208 e. The van der Waals surface area contributed by atoms with E-state index in [2.05, 4.69) is 188 Å². The molecule has 0 fully saturated rings. The summed E-state index contributed by atoms with van der Waals surface area (Å²) in [4.78, 5) is 16.1. The summed E-state index contributed by atoms with van der Waals surface area (Å²) in [6.07, 6.45) is 0. The Kier molecular flexibility index (Phi) is 7.35. The molecule has 0 spiro atoms. The highest BCUT2D eigenvalue weighted by atomic mass is 32.1. The van der Waals surface area contributed by atoms with Crippen LogP contribution < -0.4 is 0 Å². The van der Waals surface area contributed by atoms with Crippen molar-refractivity contribution < 1.29 is 0 Å². The van der Waals surface area contributed by atoms with Crippen LogP contribution in [0.1, 0.15) is 0 Å². The number of hydrogen-bond acceptors (Lipinski definition) is 4. The van der Waals surface area contributed by atoms with Crippen LogP contribution in [0, 0.1) is 0 Å². The molecule has 9 aromatic carbocycles. The summed E-state index contributed by atoms with van der Waals surface area (Å²) in [7, 11) is 0. The van der Waals surface area contributed by atoms with Crippen molar-refractivity contribution in [1.29, 1.82) is 0 Å². The normalized spacial score (nSPS) is 11.6. The summed E-state index contributed by atoms with van der Waals surface area (Å²) < 4.78 is 2.42. The highest BCUT2D eigenvalue weighted by Gasteiger charge is 2.21. The molecule has 0 N–H and O–H groups in total. The maximum Gasteiger partial charge on any atom is 0.165 e. The smallest absolute Gasteiger partial charge is 0.165 e. The van der Waals surface area contributed by atoms with Gasteiger partial charge >= 0.3 is 0 Å². The van der Waals surface area contributed by atoms with E-state index in [9.17, 15) is 0 Å². The average Bonchev–Trinajstić information content (AvgIpc) is 3.64. The SMILES string of the molecule is c1ccc2cc(-c3ccc(-c4nc(-c5c(-c6cccc7ccccc67)ccc6ccccc56)nc(-c5cccc6c5sc5ccccc56)n4)cc3)ccc2c1. The van der Waals surface area contributed by atoms with Crippen molar-refractivity contribution in [3.05, 3.63) is 188 Å². The molecule has 3 nitrogen and oxygen atoms in total. The maximum atomic E-state index is 5.41. The van der Waals surface area contributed by atoms with E-state index in [1.165, 1.54) is 47.3 Å². The molecular formula is C51H31N3S. The molecule has 2 aromatic heterocycles. The molecule has 0 atom stereocenters. The first-order chi connectivity index (χ1) is 27.2. The standard InChI is InChI=1S/C51H31N3S/c1-2-14-37-31-38(28-25-32(37)11-1)33-23-26-36(27-24-33)49-52-50(45-21-10-20-44-42-18-7-8-22-46(42)55-48(44)45)54-51(53-49)47-40-17-6-4-13-35(40)29-30-43(47)41-19-9-15-34-12-3-5-16-39(34)41/h1-31H. The van der Waals surface area contributed by atoms with Gasteiger partial charge in [0.2, 0.25) is 0 Å². The number of thiophene rings is 1. The van der Waals surface area contributed by atoms with Crippen LogP contribution in [0.15, 0.2) is 188 Å². The minimum Gasteiger partial charge on any atom is -0.208 e. The Morgan fingerprint density at radius 3 is 1.73 bits per heavy atom.